The van der Waals surface area contributed by atoms with Gasteiger partial charge in [0, 0.05) is 33.9 Å². The summed E-state index contributed by atoms with van der Waals surface area (Å²) in [5, 5.41) is 21.0. The molecule has 0 amide bonds. The van der Waals surface area contributed by atoms with Crippen molar-refractivity contribution in [1.29, 1.82) is 0 Å². The summed E-state index contributed by atoms with van der Waals surface area (Å²) >= 11 is 9.17. The zero-order valence-electron chi connectivity index (χ0n) is 15.1. The van der Waals surface area contributed by atoms with Gasteiger partial charge in [0.05, 0.1) is 12.5 Å². The summed E-state index contributed by atoms with van der Waals surface area (Å²) in [6, 6.07) is 6.43. The third-order valence-corrected chi connectivity index (χ3v) is 6.60. The number of hydrogen-bond donors (Lipinski definition) is 1. The number of anilines is 2. The first-order valence-electron chi connectivity index (χ1n) is 8.48. The number of aryl methyl sites for hydroxylation is 1. The second-order valence-corrected chi connectivity index (χ2v) is 8.52. The molecule has 1 aromatic carbocycles. The molecule has 0 saturated heterocycles. The van der Waals surface area contributed by atoms with Gasteiger partial charge in [-0.15, -0.1) is 21.5 Å². The van der Waals surface area contributed by atoms with Crippen LogP contribution in [0.3, 0.4) is 0 Å². The number of hydrogen-bond acceptors (Lipinski definition) is 7. The molecule has 0 bridgehead atoms. The summed E-state index contributed by atoms with van der Waals surface area (Å²) in [5.41, 5.74) is 1.42. The van der Waals surface area contributed by atoms with Crippen LogP contribution in [-0.4, -0.2) is 25.0 Å². The number of nitrogens with one attached hydrogen (secondary N) is 1. The minimum Gasteiger partial charge on any atom is -0.313 e. The quantitative estimate of drug-likeness (QED) is 0.449. The molecular weight excluding hydrogens is 419 g/mol. The average molecular weight is 435 g/mol. The second-order valence-electron chi connectivity index (χ2n) is 6.22. The van der Waals surface area contributed by atoms with Crippen molar-refractivity contribution in [3.05, 3.63) is 68.0 Å². The molecule has 1 unspecified atom stereocenters. The van der Waals surface area contributed by atoms with E-state index >= 15 is 0 Å². The zero-order valence-corrected chi connectivity index (χ0v) is 17.4. The average Bonchev–Trinajstić information content (AvgIpc) is 3.40. The van der Waals surface area contributed by atoms with Crippen molar-refractivity contribution in [3.63, 3.8) is 0 Å². The van der Waals surface area contributed by atoms with Gasteiger partial charge in [-0.25, -0.2) is 9.37 Å². The molecule has 28 heavy (non-hydrogen) atoms. The highest BCUT2D eigenvalue weighted by atomic mass is 35.5. The van der Waals surface area contributed by atoms with Crippen LogP contribution in [0.25, 0.3) is 0 Å². The molecule has 6 nitrogen and oxygen atoms in total. The maximum Gasteiger partial charge on any atom is 0.211 e. The molecule has 0 aliphatic heterocycles. The Labute approximate surface area is 174 Å². The number of rotatable bonds is 6. The van der Waals surface area contributed by atoms with E-state index in [9.17, 15) is 4.39 Å². The van der Waals surface area contributed by atoms with Gasteiger partial charge in [-0.2, -0.15) is 5.10 Å². The summed E-state index contributed by atoms with van der Waals surface area (Å²) in [4.78, 5) is 4.52. The Bertz CT molecular complexity index is 1080. The molecule has 1 atom stereocenters. The Morgan fingerprint density at radius 3 is 2.86 bits per heavy atom. The first-order valence-corrected chi connectivity index (χ1v) is 10.6. The second kappa shape index (κ2) is 7.94. The van der Waals surface area contributed by atoms with Crippen molar-refractivity contribution >= 4 is 45.2 Å². The lowest BCUT2D eigenvalue weighted by molar-refractivity contribution is 0.586. The van der Waals surface area contributed by atoms with Gasteiger partial charge in [-0.1, -0.05) is 29.0 Å². The van der Waals surface area contributed by atoms with E-state index in [2.05, 4.69) is 32.5 Å². The van der Waals surface area contributed by atoms with Gasteiger partial charge in [0.1, 0.15) is 15.8 Å². The maximum atomic E-state index is 13.9. The van der Waals surface area contributed by atoms with Crippen LogP contribution in [0.4, 0.5) is 15.3 Å². The lowest BCUT2D eigenvalue weighted by Gasteiger charge is -2.05. The number of aromatic nitrogens is 5. The predicted molar refractivity (Wildman–Crippen MR) is 110 cm³/mol. The molecule has 10 heteroatoms. The molecular formula is C18H16ClFN6S2. The number of benzene rings is 1. The van der Waals surface area contributed by atoms with E-state index in [-0.39, 0.29) is 18.3 Å². The van der Waals surface area contributed by atoms with Crippen LogP contribution in [0, 0.1) is 12.7 Å². The van der Waals surface area contributed by atoms with Crippen molar-refractivity contribution in [1.82, 2.24) is 25.0 Å². The van der Waals surface area contributed by atoms with E-state index in [1.807, 2.05) is 12.3 Å². The SMILES string of the molecule is Cc1csc(C(C)c2nnc(Nc3ccn(Cc4c(F)cccc4Cl)n3)s2)n1. The molecule has 0 aliphatic carbocycles. The molecule has 0 radical (unpaired) electrons. The summed E-state index contributed by atoms with van der Waals surface area (Å²) in [5.74, 6) is 0.345. The van der Waals surface area contributed by atoms with E-state index in [0.29, 0.717) is 21.5 Å². The Morgan fingerprint density at radius 2 is 2.11 bits per heavy atom. The minimum atomic E-state index is -0.349. The van der Waals surface area contributed by atoms with Gasteiger partial charge < -0.3 is 5.32 Å². The first kappa shape index (κ1) is 19.0. The molecule has 4 aromatic rings. The Hall–Kier alpha value is -2.36. The van der Waals surface area contributed by atoms with Crippen molar-refractivity contribution in [2.45, 2.75) is 26.3 Å². The smallest absolute Gasteiger partial charge is 0.211 e. The maximum absolute atomic E-state index is 13.9. The molecule has 0 fully saturated rings. The number of nitrogens with zero attached hydrogens (tertiary/aromatic N) is 5. The monoisotopic (exact) mass is 434 g/mol. The van der Waals surface area contributed by atoms with Crippen LogP contribution in [-0.2, 0) is 6.54 Å². The minimum absolute atomic E-state index is 0.0903. The lowest BCUT2D eigenvalue weighted by Crippen LogP contribution is -2.04. The Morgan fingerprint density at radius 1 is 1.25 bits per heavy atom. The van der Waals surface area contributed by atoms with Gasteiger partial charge in [0.2, 0.25) is 5.13 Å². The van der Waals surface area contributed by atoms with Crippen molar-refractivity contribution in [2.24, 2.45) is 0 Å². The third kappa shape index (κ3) is 4.06. The molecule has 144 valence electrons. The van der Waals surface area contributed by atoms with Crippen LogP contribution in [0.2, 0.25) is 5.02 Å². The molecule has 0 saturated carbocycles. The Balaban J connectivity index is 1.45. The van der Waals surface area contributed by atoms with Gasteiger partial charge in [-0.05, 0) is 26.0 Å². The van der Waals surface area contributed by atoms with Gasteiger partial charge in [0.25, 0.3) is 0 Å². The lowest BCUT2D eigenvalue weighted by atomic mass is 10.2. The van der Waals surface area contributed by atoms with Crippen molar-refractivity contribution < 1.29 is 4.39 Å². The highest BCUT2D eigenvalue weighted by Crippen LogP contribution is 2.31. The standard InChI is InChI=1S/C18H16ClFN6S2/c1-10-9-27-16(21-10)11(2)17-23-24-18(28-17)22-15-6-7-26(25-15)8-12-13(19)4-3-5-14(12)20/h3-7,9,11H,8H2,1-2H3,(H,22,24,25). The van der Waals surface area contributed by atoms with Crippen molar-refractivity contribution in [3.8, 4) is 0 Å². The number of thiazole rings is 1. The molecule has 3 aromatic heterocycles. The summed E-state index contributed by atoms with van der Waals surface area (Å²) in [6.45, 7) is 4.29. The van der Waals surface area contributed by atoms with Gasteiger partial charge in [0.15, 0.2) is 5.82 Å². The van der Waals surface area contributed by atoms with Gasteiger partial charge >= 0.3 is 0 Å². The summed E-state index contributed by atoms with van der Waals surface area (Å²) in [6.07, 6.45) is 1.76. The van der Waals surface area contributed by atoms with Crippen LogP contribution in [0.1, 0.15) is 34.1 Å². The fourth-order valence-electron chi connectivity index (χ4n) is 2.61. The molecule has 1 N–H and O–H groups in total. The van der Waals surface area contributed by atoms with E-state index in [4.69, 9.17) is 11.6 Å². The zero-order chi connectivity index (χ0) is 19.7. The van der Waals surface area contributed by atoms with Crippen LogP contribution < -0.4 is 5.32 Å². The fraction of sp³-hybridized carbons (Fsp3) is 0.222. The van der Waals surface area contributed by atoms with Crippen molar-refractivity contribution in [2.75, 3.05) is 5.32 Å². The molecule has 4 rings (SSSR count). The summed E-state index contributed by atoms with van der Waals surface area (Å²) in [7, 11) is 0. The first-order chi connectivity index (χ1) is 13.5. The third-order valence-electron chi connectivity index (χ3n) is 4.08. The van der Waals surface area contributed by atoms with Crippen LogP contribution >= 0.6 is 34.3 Å². The normalized spacial score (nSPS) is 12.3. The molecule has 0 aliphatic rings. The Kier molecular flexibility index (Phi) is 5.38. The van der Waals surface area contributed by atoms with Gasteiger partial charge in [-0.3, -0.25) is 4.68 Å². The highest BCUT2D eigenvalue weighted by molar-refractivity contribution is 7.15. The highest BCUT2D eigenvalue weighted by Gasteiger charge is 2.17. The van der Waals surface area contributed by atoms with E-state index < -0.39 is 0 Å². The fourth-order valence-corrected chi connectivity index (χ4v) is 4.57. The van der Waals surface area contributed by atoms with Crippen LogP contribution in [0.5, 0.6) is 0 Å². The molecule has 0 spiro atoms. The van der Waals surface area contributed by atoms with E-state index in [1.165, 1.54) is 17.4 Å². The molecule has 3 heterocycles. The largest absolute Gasteiger partial charge is 0.313 e. The number of halogens is 2. The van der Waals surface area contributed by atoms with E-state index in [0.717, 1.165) is 15.7 Å². The summed E-state index contributed by atoms with van der Waals surface area (Å²) < 4.78 is 15.6. The predicted octanol–water partition coefficient (Wildman–Crippen LogP) is 5.24. The topological polar surface area (TPSA) is 68.5 Å². The van der Waals surface area contributed by atoms with E-state index in [1.54, 1.807) is 40.4 Å². The van der Waals surface area contributed by atoms with Crippen LogP contribution in [0.15, 0.2) is 35.8 Å².